The van der Waals surface area contributed by atoms with E-state index in [4.69, 9.17) is 33.4 Å². The molecule has 1 N–H and O–H groups in total. The largest absolute Gasteiger partial charge is 0.304 e. The normalized spacial score (nSPS) is 12.1. The molecule has 0 bridgehead atoms. The van der Waals surface area contributed by atoms with Gasteiger partial charge in [0.05, 0.1) is 16.6 Å². The maximum atomic E-state index is 6.19. The highest BCUT2D eigenvalue weighted by atomic mass is 35.5. The van der Waals surface area contributed by atoms with Crippen molar-refractivity contribution in [3.05, 3.63) is 106 Å². The van der Waals surface area contributed by atoms with Crippen molar-refractivity contribution in [3.8, 4) is 11.3 Å². The molecular weight excluding hydrogens is 439 g/mol. The zero-order chi connectivity index (χ0) is 22.3. The third kappa shape index (κ3) is 5.57. The number of rotatable bonds is 9. The van der Waals surface area contributed by atoms with Gasteiger partial charge in [0.1, 0.15) is 11.4 Å². The monoisotopic (exact) mass is 464 g/mol. The van der Waals surface area contributed by atoms with Gasteiger partial charge in [-0.2, -0.15) is 15.0 Å². The van der Waals surface area contributed by atoms with Crippen LogP contribution in [0.1, 0.15) is 42.6 Å². The molecule has 0 radical (unpaired) electrons. The van der Waals surface area contributed by atoms with E-state index in [-0.39, 0.29) is 6.04 Å². The van der Waals surface area contributed by atoms with E-state index in [1.54, 1.807) is 10.9 Å². The van der Waals surface area contributed by atoms with Crippen LogP contribution < -0.4 is 5.32 Å². The van der Waals surface area contributed by atoms with Crippen LogP contribution in [0, 0.1) is 0 Å². The van der Waals surface area contributed by atoms with Crippen LogP contribution >= 0.6 is 23.2 Å². The lowest BCUT2D eigenvalue weighted by atomic mass is 10.0. The van der Waals surface area contributed by atoms with Crippen LogP contribution in [-0.2, 0) is 13.1 Å². The number of halogens is 2. The summed E-state index contributed by atoms with van der Waals surface area (Å²) in [5.41, 5.74) is 5.16. The summed E-state index contributed by atoms with van der Waals surface area (Å²) in [5, 5.41) is 14.4. The molecule has 4 rings (SSSR count). The predicted molar refractivity (Wildman–Crippen MR) is 132 cm³/mol. The summed E-state index contributed by atoms with van der Waals surface area (Å²) >= 11 is 12.3. The van der Waals surface area contributed by atoms with Crippen LogP contribution in [0.25, 0.3) is 11.3 Å². The molecule has 1 heterocycles. The molecule has 0 saturated heterocycles. The van der Waals surface area contributed by atoms with Crippen molar-refractivity contribution in [3.63, 3.8) is 0 Å². The summed E-state index contributed by atoms with van der Waals surface area (Å²) in [6.45, 7) is 3.36. The lowest BCUT2D eigenvalue weighted by molar-refractivity contribution is 0.485. The molecule has 0 aliphatic carbocycles. The minimum absolute atomic E-state index is 0.269. The van der Waals surface area contributed by atoms with Crippen LogP contribution in [0.2, 0.25) is 10.0 Å². The van der Waals surface area contributed by atoms with E-state index in [1.807, 2.05) is 30.3 Å². The van der Waals surface area contributed by atoms with Crippen molar-refractivity contribution in [2.24, 2.45) is 0 Å². The van der Waals surface area contributed by atoms with E-state index in [2.05, 4.69) is 54.7 Å². The fourth-order valence-electron chi connectivity index (χ4n) is 3.77. The standard InChI is InChI=1S/C26H26Cl2N4/c1-2-9-24(20-10-5-3-6-11-20)29-17-25-26(21-12-7-4-8-13-21)31-32(30-25)18-19-14-15-22(27)23(28)16-19/h3-8,10-16,24,29H,2,9,17-18H2,1H3/t24-/m1/s1. The van der Waals surface area contributed by atoms with Crippen LogP contribution in [0.3, 0.4) is 0 Å². The number of benzene rings is 3. The smallest absolute Gasteiger partial charge is 0.117 e. The number of nitrogens with one attached hydrogen (secondary N) is 1. The Labute approximate surface area is 199 Å². The molecule has 0 saturated carbocycles. The second-order valence-electron chi connectivity index (χ2n) is 7.77. The first kappa shape index (κ1) is 22.5. The first-order valence-electron chi connectivity index (χ1n) is 10.9. The molecule has 4 aromatic rings. The van der Waals surface area contributed by atoms with E-state index in [9.17, 15) is 0 Å². The molecule has 0 unspecified atom stereocenters. The Kier molecular flexibility index (Phi) is 7.59. The molecule has 3 aromatic carbocycles. The summed E-state index contributed by atoms with van der Waals surface area (Å²) in [7, 11) is 0. The fraction of sp³-hybridized carbons (Fsp3) is 0.231. The van der Waals surface area contributed by atoms with Gasteiger partial charge < -0.3 is 5.32 Å². The Hall–Kier alpha value is -2.66. The molecule has 164 valence electrons. The lowest BCUT2D eigenvalue weighted by Gasteiger charge is -2.18. The van der Waals surface area contributed by atoms with Crippen molar-refractivity contribution in [1.82, 2.24) is 20.3 Å². The number of aromatic nitrogens is 3. The molecule has 4 nitrogen and oxygen atoms in total. The molecule has 1 atom stereocenters. The van der Waals surface area contributed by atoms with Gasteiger partial charge in [-0.1, -0.05) is 103 Å². The molecule has 1 aromatic heterocycles. The van der Waals surface area contributed by atoms with E-state index < -0.39 is 0 Å². The maximum Gasteiger partial charge on any atom is 0.117 e. The zero-order valence-electron chi connectivity index (χ0n) is 18.0. The van der Waals surface area contributed by atoms with Gasteiger partial charge in [0.15, 0.2) is 0 Å². The first-order valence-corrected chi connectivity index (χ1v) is 11.6. The molecule has 0 amide bonds. The van der Waals surface area contributed by atoms with Gasteiger partial charge in [-0.25, -0.2) is 0 Å². The Morgan fingerprint density at radius 2 is 1.59 bits per heavy atom. The maximum absolute atomic E-state index is 6.19. The van der Waals surface area contributed by atoms with E-state index in [0.717, 1.165) is 35.4 Å². The summed E-state index contributed by atoms with van der Waals surface area (Å²) in [6, 6.07) is 26.6. The van der Waals surface area contributed by atoms with Gasteiger partial charge in [-0.05, 0) is 29.7 Å². The molecule has 0 spiro atoms. The van der Waals surface area contributed by atoms with Crippen LogP contribution in [0.5, 0.6) is 0 Å². The van der Waals surface area contributed by atoms with Crippen molar-refractivity contribution < 1.29 is 0 Å². The molecule has 0 fully saturated rings. The highest BCUT2D eigenvalue weighted by Gasteiger charge is 2.16. The minimum Gasteiger partial charge on any atom is -0.304 e. The molecule has 0 aliphatic heterocycles. The lowest BCUT2D eigenvalue weighted by Crippen LogP contribution is -2.21. The van der Waals surface area contributed by atoms with Crippen molar-refractivity contribution in [2.45, 2.75) is 38.9 Å². The first-order chi connectivity index (χ1) is 15.6. The highest BCUT2D eigenvalue weighted by Crippen LogP contribution is 2.25. The quantitative estimate of drug-likeness (QED) is 0.291. The topological polar surface area (TPSA) is 42.7 Å². The van der Waals surface area contributed by atoms with Crippen molar-refractivity contribution >= 4 is 23.2 Å². The van der Waals surface area contributed by atoms with Gasteiger partial charge >= 0.3 is 0 Å². The van der Waals surface area contributed by atoms with Crippen LogP contribution in [0.4, 0.5) is 0 Å². The fourth-order valence-corrected chi connectivity index (χ4v) is 4.09. The Balaban J connectivity index is 1.60. The average molecular weight is 465 g/mol. The van der Waals surface area contributed by atoms with Crippen LogP contribution in [0.15, 0.2) is 78.9 Å². The number of nitrogens with zero attached hydrogens (tertiary/aromatic N) is 3. The summed E-state index contributed by atoms with van der Waals surface area (Å²) in [4.78, 5) is 1.73. The highest BCUT2D eigenvalue weighted by molar-refractivity contribution is 6.42. The number of hydrogen-bond donors (Lipinski definition) is 1. The Bertz CT molecular complexity index is 1140. The van der Waals surface area contributed by atoms with Crippen molar-refractivity contribution in [2.75, 3.05) is 0 Å². The average Bonchev–Trinajstić information content (AvgIpc) is 3.22. The van der Waals surface area contributed by atoms with E-state index in [0.29, 0.717) is 23.1 Å². The minimum atomic E-state index is 0.269. The third-order valence-electron chi connectivity index (χ3n) is 5.38. The zero-order valence-corrected chi connectivity index (χ0v) is 19.5. The molecule has 32 heavy (non-hydrogen) atoms. The van der Waals surface area contributed by atoms with Gasteiger partial charge in [0, 0.05) is 18.2 Å². The number of hydrogen-bond acceptors (Lipinski definition) is 3. The molecule has 0 aliphatic rings. The van der Waals surface area contributed by atoms with Gasteiger partial charge in [-0.15, -0.1) is 0 Å². The Morgan fingerprint density at radius 3 is 2.28 bits per heavy atom. The van der Waals surface area contributed by atoms with Crippen molar-refractivity contribution in [1.29, 1.82) is 0 Å². The van der Waals surface area contributed by atoms with E-state index in [1.165, 1.54) is 5.56 Å². The molecule has 6 heteroatoms. The summed E-state index contributed by atoms with van der Waals surface area (Å²) < 4.78 is 0. The Morgan fingerprint density at radius 1 is 0.875 bits per heavy atom. The van der Waals surface area contributed by atoms with E-state index >= 15 is 0 Å². The third-order valence-corrected chi connectivity index (χ3v) is 6.11. The van der Waals surface area contributed by atoms with Gasteiger partial charge in [0.2, 0.25) is 0 Å². The summed E-state index contributed by atoms with van der Waals surface area (Å²) in [6.07, 6.45) is 2.16. The van der Waals surface area contributed by atoms with Gasteiger partial charge in [-0.3, -0.25) is 0 Å². The summed E-state index contributed by atoms with van der Waals surface area (Å²) in [5.74, 6) is 0. The molecular formula is C26H26Cl2N4. The second kappa shape index (κ2) is 10.8. The SMILES string of the molecule is CCC[C@@H](NCc1nn(Cc2ccc(Cl)c(Cl)c2)nc1-c1ccccc1)c1ccccc1. The van der Waals surface area contributed by atoms with Gasteiger partial charge in [0.25, 0.3) is 0 Å². The second-order valence-corrected chi connectivity index (χ2v) is 8.59. The van der Waals surface area contributed by atoms with Crippen LogP contribution in [-0.4, -0.2) is 15.0 Å². The predicted octanol–water partition coefficient (Wildman–Crippen LogP) is 6.93.